The molecule has 1 aromatic heterocycles. The summed E-state index contributed by atoms with van der Waals surface area (Å²) in [7, 11) is 0. The topological polar surface area (TPSA) is 87.3 Å². The third-order valence-electron chi connectivity index (χ3n) is 4.81. The second-order valence-electron chi connectivity index (χ2n) is 7.89. The van der Waals surface area contributed by atoms with Gasteiger partial charge in [0.1, 0.15) is 12.3 Å². The van der Waals surface area contributed by atoms with E-state index in [4.69, 9.17) is 4.74 Å². The van der Waals surface area contributed by atoms with Crippen LogP contribution in [0, 0.1) is 13.8 Å². The van der Waals surface area contributed by atoms with Crippen LogP contribution in [0.1, 0.15) is 43.3 Å². The Bertz CT molecular complexity index is 860. The van der Waals surface area contributed by atoms with Gasteiger partial charge in [0.05, 0.1) is 11.4 Å². The van der Waals surface area contributed by atoms with Crippen molar-refractivity contribution in [2.24, 2.45) is 0 Å². The van der Waals surface area contributed by atoms with Gasteiger partial charge in [-0.15, -0.1) is 0 Å². The summed E-state index contributed by atoms with van der Waals surface area (Å²) in [6.45, 7) is 10.4. The number of carbonyl (C=O) groups is 2. The van der Waals surface area contributed by atoms with E-state index in [-0.39, 0.29) is 30.4 Å². The Morgan fingerprint density at radius 1 is 1.33 bits per heavy atom. The molecule has 0 radical (unpaired) electrons. The van der Waals surface area contributed by atoms with E-state index in [0.717, 1.165) is 22.5 Å². The molecule has 0 aliphatic carbocycles. The number of rotatable bonds is 4. The summed E-state index contributed by atoms with van der Waals surface area (Å²) in [5.74, 6) is 0.175. The number of ether oxygens (including phenoxy) is 1. The Kier molecular flexibility index (Phi) is 4.95. The normalized spacial score (nSPS) is 14.0. The predicted molar refractivity (Wildman–Crippen MR) is 103 cm³/mol. The van der Waals surface area contributed by atoms with Gasteiger partial charge in [-0.2, -0.15) is 5.10 Å². The molecular weight excluding hydrogens is 344 g/mol. The van der Waals surface area contributed by atoms with Crippen molar-refractivity contribution in [1.82, 2.24) is 15.5 Å². The summed E-state index contributed by atoms with van der Waals surface area (Å²) < 4.78 is 5.53. The molecule has 7 heteroatoms. The highest BCUT2D eigenvalue weighted by molar-refractivity contribution is 6.02. The molecule has 144 valence electrons. The number of nitrogens with zero attached hydrogens (tertiary/aromatic N) is 2. The number of benzene rings is 1. The van der Waals surface area contributed by atoms with E-state index < -0.39 is 0 Å². The summed E-state index contributed by atoms with van der Waals surface area (Å²) in [4.78, 5) is 26.4. The molecule has 2 amide bonds. The smallest absolute Gasteiger partial charge is 0.265 e. The summed E-state index contributed by atoms with van der Waals surface area (Å²) in [5.41, 5.74) is 4.40. The third-order valence-corrected chi connectivity index (χ3v) is 4.81. The maximum atomic E-state index is 12.5. The minimum Gasteiger partial charge on any atom is -0.482 e. The number of H-pyrrole nitrogens is 1. The van der Waals surface area contributed by atoms with Crippen LogP contribution in [0.15, 0.2) is 18.2 Å². The SMILES string of the molecule is Cc1n[nH]c(C)c1CNC(=O)CN1C(=O)COc2ccc(C(C)(C)C)cc21. The molecule has 0 spiro atoms. The number of aromatic amines is 1. The first-order valence-electron chi connectivity index (χ1n) is 9.01. The van der Waals surface area contributed by atoms with Crippen LogP contribution < -0.4 is 15.0 Å². The quantitative estimate of drug-likeness (QED) is 0.865. The minimum atomic E-state index is -0.225. The van der Waals surface area contributed by atoms with E-state index in [1.807, 2.05) is 32.0 Å². The molecule has 0 unspecified atom stereocenters. The van der Waals surface area contributed by atoms with E-state index in [0.29, 0.717) is 18.0 Å². The molecule has 1 aliphatic rings. The van der Waals surface area contributed by atoms with Crippen molar-refractivity contribution in [2.75, 3.05) is 18.1 Å². The van der Waals surface area contributed by atoms with Crippen LogP contribution in [-0.2, 0) is 21.5 Å². The lowest BCUT2D eigenvalue weighted by molar-refractivity contribution is -0.125. The third kappa shape index (κ3) is 3.97. The molecular formula is C20H26N4O3. The summed E-state index contributed by atoms with van der Waals surface area (Å²) in [5, 5.41) is 9.90. The Hall–Kier alpha value is -2.83. The van der Waals surface area contributed by atoms with Crippen molar-refractivity contribution in [2.45, 2.75) is 46.6 Å². The van der Waals surface area contributed by atoms with Crippen LogP contribution in [0.25, 0.3) is 0 Å². The second-order valence-corrected chi connectivity index (χ2v) is 7.89. The van der Waals surface area contributed by atoms with Gasteiger partial charge in [0.2, 0.25) is 5.91 Å². The van der Waals surface area contributed by atoms with E-state index >= 15 is 0 Å². The molecule has 1 aliphatic heterocycles. The highest BCUT2D eigenvalue weighted by Crippen LogP contribution is 2.36. The molecule has 0 fully saturated rings. The van der Waals surface area contributed by atoms with Crippen LogP contribution >= 0.6 is 0 Å². The number of hydrogen-bond acceptors (Lipinski definition) is 4. The Labute approximate surface area is 159 Å². The maximum Gasteiger partial charge on any atom is 0.265 e. The molecule has 0 saturated carbocycles. The number of hydrogen-bond donors (Lipinski definition) is 2. The molecule has 0 atom stereocenters. The van der Waals surface area contributed by atoms with Gasteiger partial charge in [-0.1, -0.05) is 26.8 Å². The highest BCUT2D eigenvalue weighted by atomic mass is 16.5. The van der Waals surface area contributed by atoms with Crippen molar-refractivity contribution in [3.8, 4) is 5.75 Å². The Balaban J connectivity index is 1.76. The number of anilines is 1. The molecule has 2 N–H and O–H groups in total. The number of fused-ring (bicyclic) bond motifs is 1. The first-order chi connectivity index (χ1) is 12.7. The standard InChI is InChI=1S/C20H26N4O3/c1-12-15(13(2)23-22-12)9-21-18(25)10-24-16-8-14(20(3,4)5)6-7-17(16)27-11-19(24)26/h6-8H,9-11H2,1-5H3,(H,21,25)(H,22,23). The van der Waals surface area contributed by atoms with Crippen molar-refractivity contribution < 1.29 is 14.3 Å². The van der Waals surface area contributed by atoms with E-state index in [2.05, 4.69) is 36.3 Å². The number of amides is 2. The van der Waals surface area contributed by atoms with Gasteiger partial charge in [-0.05, 0) is 37.0 Å². The van der Waals surface area contributed by atoms with Crippen LogP contribution in [0.4, 0.5) is 5.69 Å². The zero-order valence-corrected chi connectivity index (χ0v) is 16.5. The second kappa shape index (κ2) is 7.06. The lowest BCUT2D eigenvalue weighted by Gasteiger charge is -2.31. The van der Waals surface area contributed by atoms with Gasteiger partial charge in [-0.25, -0.2) is 0 Å². The highest BCUT2D eigenvalue weighted by Gasteiger charge is 2.29. The molecule has 3 rings (SSSR count). The number of nitrogens with one attached hydrogen (secondary N) is 2. The van der Waals surface area contributed by atoms with Crippen molar-refractivity contribution in [3.63, 3.8) is 0 Å². The number of carbonyl (C=O) groups excluding carboxylic acids is 2. The van der Waals surface area contributed by atoms with E-state index in [9.17, 15) is 9.59 Å². The van der Waals surface area contributed by atoms with Crippen molar-refractivity contribution >= 4 is 17.5 Å². The first kappa shape index (κ1) is 18.9. The minimum absolute atomic E-state index is 0.0429. The van der Waals surface area contributed by atoms with Crippen LogP contribution in [0.2, 0.25) is 0 Å². The largest absolute Gasteiger partial charge is 0.482 e. The lowest BCUT2D eigenvalue weighted by atomic mass is 9.86. The van der Waals surface area contributed by atoms with Crippen LogP contribution in [0.3, 0.4) is 0 Å². The maximum absolute atomic E-state index is 12.5. The zero-order chi connectivity index (χ0) is 19.8. The molecule has 1 aromatic carbocycles. The van der Waals surface area contributed by atoms with Gasteiger partial charge in [0.15, 0.2) is 6.61 Å². The average molecular weight is 370 g/mol. The fraction of sp³-hybridized carbons (Fsp3) is 0.450. The average Bonchev–Trinajstić information content (AvgIpc) is 2.92. The zero-order valence-electron chi connectivity index (χ0n) is 16.5. The summed E-state index contributed by atoms with van der Waals surface area (Å²) in [6.07, 6.45) is 0. The van der Waals surface area contributed by atoms with Crippen LogP contribution in [0.5, 0.6) is 5.75 Å². The fourth-order valence-corrected chi connectivity index (χ4v) is 3.06. The van der Waals surface area contributed by atoms with Crippen LogP contribution in [-0.4, -0.2) is 35.2 Å². The first-order valence-corrected chi connectivity index (χ1v) is 9.01. The molecule has 0 saturated heterocycles. The monoisotopic (exact) mass is 370 g/mol. The molecule has 27 heavy (non-hydrogen) atoms. The van der Waals surface area contributed by atoms with Gasteiger partial charge in [0, 0.05) is 17.8 Å². The van der Waals surface area contributed by atoms with E-state index in [1.54, 1.807) is 0 Å². The van der Waals surface area contributed by atoms with E-state index in [1.165, 1.54) is 4.90 Å². The molecule has 2 aromatic rings. The molecule has 0 bridgehead atoms. The van der Waals surface area contributed by atoms with Gasteiger partial charge in [-0.3, -0.25) is 19.6 Å². The summed E-state index contributed by atoms with van der Waals surface area (Å²) >= 11 is 0. The lowest BCUT2D eigenvalue weighted by Crippen LogP contribution is -2.45. The summed E-state index contributed by atoms with van der Waals surface area (Å²) in [6, 6.07) is 5.80. The van der Waals surface area contributed by atoms with Gasteiger partial charge >= 0.3 is 0 Å². The Morgan fingerprint density at radius 3 is 2.70 bits per heavy atom. The number of aromatic nitrogens is 2. The van der Waals surface area contributed by atoms with Crippen molar-refractivity contribution in [1.29, 1.82) is 0 Å². The van der Waals surface area contributed by atoms with Crippen molar-refractivity contribution in [3.05, 3.63) is 40.7 Å². The molecule has 7 nitrogen and oxygen atoms in total. The fourth-order valence-electron chi connectivity index (χ4n) is 3.06. The number of aryl methyl sites for hydroxylation is 2. The Morgan fingerprint density at radius 2 is 2.07 bits per heavy atom. The van der Waals surface area contributed by atoms with Gasteiger partial charge < -0.3 is 10.1 Å². The van der Waals surface area contributed by atoms with Gasteiger partial charge in [0.25, 0.3) is 5.91 Å². The molecule has 2 heterocycles. The predicted octanol–water partition coefficient (Wildman–Crippen LogP) is 2.37.